The van der Waals surface area contributed by atoms with Gasteiger partial charge >= 0.3 is 0 Å². The number of benzene rings is 1. The van der Waals surface area contributed by atoms with Crippen molar-refractivity contribution < 1.29 is 4.79 Å². The van der Waals surface area contributed by atoms with Crippen molar-refractivity contribution in [3.8, 4) is 6.07 Å². The highest BCUT2D eigenvalue weighted by Crippen LogP contribution is 2.23. The van der Waals surface area contributed by atoms with Crippen LogP contribution in [0.1, 0.15) is 18.4 Å². The third-order valence-corrected chi connectivity index (χ3v) is 3.60. The monoisotopic (exact) mass is 277 g/mol. The fourth-order valence-electron chi connectivity index (χ4n) is 2.26. The lowest BCUT2D eigenvalue weighted by Gasteiger charge is -2.24. The van der Waals surface area contributed by atoms with E-state index in [9.17, 15) is 4.79 Å². The highest BCUT2D eigenvalue weighted by Gasteiger charge is 2.20. The van der Waals surface area contributed by atoms with Gasteiger partial charge in [0.05, 0.1) is 11.3 Å². The molecule has 1 amide bonds. The third-order valence-electron chi connectivity index (χ3n) is 3.37. The van der Waals surface area contributed by atoms with E-state index in [1.165, 1.54) is 0 Å². The molecule has 0 aliphatic carbocycles. The maximum Gasteiger partial charge on any atom is 0.222 e. The first-order valence-electron chi connectivity index (χ1n) is 6.30. The van der Waals surface area contributed by atoms with E-state index in [1.807, 2.05) is 22.9 Å². The fraction of sp³-hybridized carbons (Fsp3) is 0.429. The van der Waals surface area contributed by atoms with Crippen LogP contribution in [0.2, 0.25) is 5.02 Å². The van der Waals surface area contributed by atoms with Gasteiger partial charge in [0.1, 0.15) is 6.07 Å². The summed E-state index contributed by atoms with van der Waals surface area (Å²) in [4.78, 5) is 15.4. The number of likely N-dealkylation sites (N-methyl/N-ethyl adjacent to an activating group) is 1. The maximum atomic E-state index is 11.5. The minimum Gasteiger partial charge on any atom is -0.372 e. The number of nitriles is 1. The smallest absolute Gasteiger partial charge is 0.222 e. The van der Waals surface area contributed by atoms with Crippen LogP contribution in [0.25, 0.3) is 0 Å². The van der Waals surface area contributed by atoms with Gasteiger partial charge in [0.2, 0.25) is 5.91 Å². The second-order valence-electron chi connectivity index (χ2n) is 4.68. The Morgan fingerprint density at radius 2 is 2.32 bits per heavy atom. The molecule has 0 N–H and O–H groups in total. The molecule has 0 spiro atoms. The Morgan fingerprint density at radius 1 is 1.53 bits per heavy atom. The van der Waals surface area contributed by atoms with Crippen LogP contribution in [-0.2, 0) is 4.79 Å². The van der Waals surface area contributed by atoms with Gasteiger partial charge in [-0.1, -0.05) is 11.6 Å². The normalized spacial score (nSPS) is 14.6. The molecule has 1 aromatic carbocycles. The standard InChI is InChI=1S/C14H16ClN3O/c1-17(7-8-18-6-2-3-14(18)19)13-5-4-12(15)9-11(13)10-16/h4-5,9H,2-3,6-8H2,1H3. The van der Waals surface area contributed by atoms with Gasteiger partial charge in [0.25, 0.3) is 0 Å². The Balaban J connectivity index is 2.02. The molecule has 2 rings (SSSR count). The number of nitrogens with zero attached hydrogens (tertiary/aromatic N) is 3. The molecule has 1 aliphatic heterocycles. The molecule has 0 aromatic heterocycles. The van der Waals surface area contributed by atoms with Gasteiger partial charge in [-0.05, 0) is 24.6 Å². The zero-order valence-electron chi connectivity index (χ0n) is 10.9. The Hall–Kier alpha value is -1.73. The first-order valence-corrected chi connectivity index (χ1v) is 6.68. The van der Waals surface area contributed by atoms with Crippen molar-refractivity contribution in [3.63, 3.8) is 0 Å². The minimum atomic E-state index is 0.227. The molecule has 0 unspecified atom stereocenters. The first kappa shape index (κ1) is 13.7. The van der Waals surface area contributed by atoms with Crippen molar-refractivity contribution in [2.45, 2.75) is 12.8 Å². The Labute approximate surface area is 118 Å². The van der Waals surface area contributed by atoms with Crippen LogP contribution < -0.4 is 4.90 Å². The van der Waals surface area contributed by atoms with Crippen molar-refractivity contribution in [1.29, 1.82) is 5.26 Å². The van der Waals surface area contributed by atoms with E-state index >= 15 is 0 Å². The number of hydrogen-bond acceptors (Lipinski definition) is 3. The van der Waals surface area contributed by atoms with E-state index in [-0.39, 0.29) is 5.91 Å². The van der Waals surface area contributed by atoms with E-state index < -0.39 is 0 Å². The molecule has 1 fully saturated rings. The van der Waals surface area contributed by atoms with Crippen LogP contribution in [-0.4, -0.2) is 37.5 Å². The van der Waals surface area contributed by atoms with Gasteiger partial charge in [-0.15, -0.1) is 0 Å². The molecule has 4 nitrogen and oxygen atoms in total. The van der Waals surface area contributed by atoms with E-state index in [0.29, 0.717) is 30.1 Å². The number of carbonyl (C=O) groups excluding carboxylic acids is 1. The van der Waals surface area contributed by atoms with Crippen molar-refractivity contribution in [2.75, 3.05) is 31.6 Å². The second kappa shape index (κ2) is 5.94. The lowest BCUT2D eigenvalue weighted by molar-refractivity contribution is -0.127. The third kappa shape index (κ3) is 3.18. The van der Waals surface area contributed by atoms with E-state index in [0.717, 1.165) is 18.7 Å². The molecule has 1 saturated heterocycles. The molecule has 0 atom stereocenters. The van der Waals surface area contributed by atoms with Crippen LogP contribution >= 0.6 is 11.6 Å². The van der Waals surface area contributed by atoms with Gasteiger partial charge < -0.3 is 9.80 Å². The summed E-state index contributed by atoms with van der Waals surface area (Å²) in [5.41, 5.74) is 1.40. The molecule has 19 heavy (non-hydrogen) atoms. The van der Waals surface area contributed by atoms with E-state index in [1.54, 1.807) is 12.1 Å². The fourth-order valence-corrected chi connectivity index (χ4v) is 2.43. The molecule has 100 valence electrons. The summed E-state index contributed by atoms with van der Waals surface area (Å²) in [6.07, 6.45) is 1.61. The summed E-state index contributed by atoms with van der Waals surface area (Å²) < 4.78 is 0. The summed E-state index contributed by atoms with van der Waals surface area (Å²) in [5, 5.41) is 9.67. The number of halogens is 1. The number of amides is 1. The largest absolute Gasteiger partial charge is 0.372 e. The summed E-state index contributed by atoms with van der Waals surface area (Å²) in [7, 11) is 1.92. The predicted molar refractivity (Wildman–Crippen MR) is 75.3 cm³/mol. The predicted octanol–water partition coefficient (Wildman–Crippen LogP) is 2.27. The molecule has 1 heterocycles. The summed E-state index contributed by atoms with van der Waals surface area (Å²) >= 11 is 5.88. The van der Waals surface area contributed by atoms with Crippen molar-refractivity contribution in [2.24, 2.45) is 0 Å². The van der Waals surface area contributed by atoms with Gasteiger partial charge in [-0.2, -0.15) is 5.26 Å². The van der Waals surface area contributed by atoms with Crippen molar-refractivity contribution >= 4 is 23.2 Å². The Kier molecular flexibility index (Phi) is 4.28. The van der Waals surface area contributed by atoms with Crippen LogP contribution in [0, 0.1) is 11.3 Å². The molecular weight excluding hydrogens is 262 g/mol. The van der Waals surface area contributed by atoms with Crippen LogP contribution in [0.5, 0.6) is 0 Å². The lowest BCUT2D eigenvalue weighted by atomic mass is 10.2. The van der Waals surface area contributed by atoms with Crippen LogP contribution in [0.4, 0.5) is 5.69 Å². The molecule has 5 heteroatoms. The average molecular weight is 278 g/mol. The molecule has 0 saturated carbocycles. The quantitative estimate of drug-likeness (QED) is 0.848. The highest BCUT2D eigenvalue weighted by atomic mass is 35.5. The minimum absolute atomic E-state index is 0.227. The molecule has 1 aromatic rings. The number of carbonyl (C=O) groups is 1. The van der Waals surface area contributed by atoms with Crippen LogP contribution in [0.15, 0.2) is 18.2 Å². The number of rotatable bonds is 4. The number of likely N-dealkylation sites (tertiary alicyclic amines) is 1. The maximum absolute atomic E-state index is 11.5. The first-order chi connectivity index (χ1) is 9.11. The number of anilines is 1. The van der Waals surface area contributed by atoms with Crippen molar-refractivity contribution in [3.05, 3.63) is 28.8 Å². The highest BCUT2D eigenvalue weighted by molar-refractivity contribution is 6.30. The Morgan fingerprint density at radius 3 is 2.95 bits per heavy atom. The zero-order chi connectivity index (χ0) is 13.8. The van der Waals surface area contributed by atoms with Gasteiger partial charge in [0, 0.05) is 38.1 Å². The Bertz CT molecular complexity index is 524. The van der Waals surface area contributed by atoms with E-state index in [2.05, 4.69) is 6.07 Å². The number of hydrogen-bond donors (Lipinski definition) is 0. The summed E-state index contributed by atoms with van der Waals surface area (Å²) in [6, 6.07) is 7.42. The lowest BCUT2D eigenvalue weighted by Crippen LogP contribution is -2.34. The molecular formula is C14H16ClN3O. The van der Waals surface area contributed by atoms with Crippen molar-refractivity contribution in [1.82, 2.24) is 4.90 Å². The topological polar surface area (TPSA) is 47.3 Å². The second-order valence-corrected chi connectivity index (χ2v) is 5.12. The van der Waals surface area contributed by atoms with Gasteiger partial charge in [-0.3, -0.25) is 4.79 Å². The zero-order valence-corrected chi connectivity index (χ0v) is 11.7. The van der Waals surface area contributed by atoms with Gasteiger partial charge in [0.15, 0.2) is 0 Å². The molecule has 0 radical (unpaired) electrons. The van der Waals surface area contributed by atoms with E-state index in [4.69, 9.17) is 16.9 Å². The summed E-state index contributed by atoms with van der Waals surface area (Å²) in [6.45, 7) is 2.25. The molecule has 1 aliphatic rings. The van der Waals surface area contributed by atoms with Gasteiger partial charge in [-0.25, -0.2) is 0 Å². The average Bonchev–Trinajstić information content (AvgIpc) is 2.81. The summed E-state index contributed by atoms with van der Waals surface area (Å²) in [5.74, 6) is 0.227. The molecule has 0 bridgehead atoms. The van der Waals surface area contributed by atoms with Crippen LogP contribution in [0.3, 0.4) is 0 Å². The SMILES string of the molecule is CN(CCN1CCCC1=O)c1ccc(Cl)cc1C#N.